The quantitative estimate of drug-likeness (QED) is 0.650. The Morgan fingerprint density at radius 2 is 2.08 bits per heavy atom. The van der Waals surface area contributed by atoms with Crippen molar-refractivity contribution in [1.29, 1.82) is 0 Å². The molecule has 76 valence electrons. The summed E-state index contributed by atoms with van der Waals surface area (Å²) in [5, 5.41) is 9.74. The summed E-state index contributed by atoms with van der Waals surface area (Å²) >= 11 is 0. The Morgan fingerprint density at radius 3 is 2.85 bits per heavy atom. The smallest absolute Gasteiger partial charge is 0.0600 e. The lowest BCUT2D eigenvalue weighted by Crippen LogP contribution is -2.17. The first kappa shape index (κ1) is 10.8. The lowest BCUT2D eigenvalue weighted by molar-refractivity contribution is 0.120. The van der Waals surface area contributed by atoms with Gasteiger partial charge in [-0.05, 0) is 25.7 Å². The SMILES string of the molecule is CCC(O)C1C=CCCCCCC1. The van der Waals surface area contributed by atoms with Crippen LogP contribution in [0.4, 0.5) is 0 Å². The zero-order chi connectivity index (χ0) is 9.52. The van der Waals surface area contributed by atoms with Crippen molar-refractivity contribution in [2.24, 2.45) is 5.92 Å². The highest BCUT2D eigenvalue weighted by molar-refractivity contribution is 4.92. The van der Waals surface area contributed by atoms with Crippen molar-refractivity contribution in [2.75, 3.05) is 0 Å². The van der Waals surface area contributed by atoms with Gasteiger partial charge >= 0.3 is 0 Å². The average Bonchev–Trinajstić information content (AvgIpc) is 2.29. The van der Waals surface area contributed by atoms with E-state index in [4.69, 9.17) is 0 Å². The predicted octanol–water partition coefficient (Wildman–Crippen LogP) is 3.28. The van der Waals surface area contributed by atoms with Crippen molar-refractivity contribution < 1.29 is 5.11 Å². The highest BCUT2D eigenvalue weighted by Gasteiger charge is 2.14. The van der Waals surface area contributed by atoms with Crippen LogP contribution >= 0.6 is 0 Å². The molecule has 0 saturated carbocycles. The van der Waals surface area contributed by atoms with Crippen molar-refractivity contribution in [2.45, 2.75) is 58.0 Å². The van der Waals surface area contributed by atoms with E-state index in [2.05, 4.69) is 19.1 Å². The summed E-state index contributed by atoms with van der Waals surface area (Å²) in [5.74, 6) is 0.420. The number of rotatable bonds is 2. The lowest BCUT2D eigenvalue weighted by atomic mass is 9.94. The van der Waals surface area contributed by atoms with Gasteiger partial charge in [-0.2, -0.15) is 0 Å². The molecule has 1 aliphatic rings. The summed E-state index contributed by atoms with van der Waals surface area (Å²) in [6, 6.07) is 0. The molecule has 0 radical (unpaired) electrons. The number of aliphatic hydroxyl groups excluding tert-OH is 1. The maximum atomic E-state index is 9.74. The van der Waals surface area contributed by atoms with E-state index in [-0.39, 0.29) is 6.10 Å². The zero-order valence-corrected chi connectivity index (χ0v) is 8.71. The van der Waals surface area contributed by atoms with Gasteiger partial charge in [0.25, 0.3) is 0 Å². The minimum Gasteiger partial charge on any atom is -0.393 e. The number of hydrogen-bond acceptors (Lipinski definition) is 1. The zero-order valence-electron chi connectivity index (χ0n) is 8.71. The minimum absolute atomic E-state index is 0.116. The van der Waals surface area contributed by atoms with Gasteiger partial charge < -0.3 is 5.11 Å². The van der Waals surface area contributed by atoms with E-state index in [0.717, 1.165) is 6.42 Å². The predicted molar refractivity (Wildman–Crippen MR) is 56.6 cm³/mol. The lowest BCUT2D eigenvalue weighted by Gasteiger charge is -2.17. The standard InChI is InChI=1S/C12H22O/c1-2-12(13)11-9-7-5-3-4-6-8-10-11/h7,9,11-13H,2-6,8,10H2,1H3. The van der Waals surface area contributed by atoms with Crippen LogP contribution in [0.25, 0.3) is 0 Å². The Morgan fingerprint density at radius 1 is 1.31 bits per heavy atom. The van der Waals surface area contributed by atoms with Gasteiger partial charge in [0, 0.05) is 5.92 Å². The van der Waals surface area contributed by atoms with Gasteiger partial charge in [0.15, 0.2) is 0 Å². The summed E-state index contributed by atoms with van der Waals surface area (Å²) in [7, 11) is 0. The molecule has 2 unspecified atom stereocenters. The Hall–Kier alpha value is -0.300. The van der Waals surface area contributed by atoms with Crippen LogP contribution in [0.2, 0.25) is 0 Å². The third-order valence-corrected chi connectivity index (χ3v) is 2.95. The van der Waals surface area contributed by atoms with Gasteiger partial charge in [-0.3, -0.25) is 0 Å². The fourth-order valence-corrected chi connectivity index (χ4v) is 1.99. The molecule has 0 amide bonds. The van der Waals surface area contributed by atoms with Gasteiger partial charge in [0.2, 0.25) is 0 Å². The van der Waals surface area contributed by atoms with E-state index in [1.807, 2.05) is 0 Å². The van der Waals surface area contributed by atoms with Crippen molar-refractivity contribution in [3.63, 3.8) is 0 Å². The highest BCUT2D eigenvalue weighted by Crippen LogP contribution is 2.20. The van der Waals surface area contributed by atoms with E-state index >= 15 is 0 Å². The Kier molecular flexibility index (Phi) is 5.14. The van der Waals surface area contributed by atoms with Crippen molar-refractivity contribution in [3.8, 4) is 0 Å². The summed E-state index contributed by atoms with van der Waals surface area (Å²) in [6.07, 6.45) is 12.9. The van der Waals surface area contributed by atoms with Gasteiger partial charge in [-0.15, -0.1) is 0 Å². The van der Waals surface area contributed by atoms with Crippen LogP contribution in [0.1, 0.15) is 51.9 Å². The van der Waals surface area contributed by atoms with Gasteiger partial charge in [-0.1, -0.05) is 38.3 Å². The van der Waals surface area contributed by atoms with E-state index < -0.39 is 0 Å². The van der Waals surface area contributed by atoms with Crippen molar-refractivity contribution in [1.82, 2.24) is 0 Å². The number of hydrogen-bond donors (Lipinski definition) is 1. The molecule has 0 aromatic carbocycles. The van der Waals surface area contributed by atoms with Crippen LogP contribution in [0.15, 0.2) is 12.2 Å². The molecule has 2 atom stereocenters. The van der Waals surface area contributed by atoms with E-state index in [1.165, 1.54) is 38.5 Å². The van der Waals surface area contributed by atoms with Crippen LogP contribution in [-0.2, 0) is 0 Å². The second kappa shape index (κ2) is 6.20. The topological polar surface area (TPSA) is 20.2 Å². The third kappa shape index (κ3) is 3.95. The molecule has 13 heavy (non-hydrogen) atoms. The third-order valence-electron chi connectivity index (χ3n) is 2.95. The molecule has 1 heteroatoms. The molecule has 0 saturated heterocycles. The largest absolute Gasteiger partial charge is 0.393 e. The fraction of sp³-hybridized carbons (Fsp3) is 0.833. The summed E-state index contributed by atoms with van der Waals surface area (Å²) in [6.45, 7) is 2.06. The summed E-state index contributed by atoms with van der Waals surface area (Å²) < 4.78 is 0. The molecular weight excluding hydrogens is 160 g/mol. The van der Waals surface area contributed by atoms with Crippen LogP contribution in [0.5, 0.6) is 0 Å². The molecule has 0 spiro atoms. The molecule has 1 nitrogen and oxygen atoms in total. The number of aliphatic hydroxyl groups is 1. The first-order valence-corrected chi connectivity index (χ1v) is 5.69. The minimum atomic E-state index is -0.116. The molecule has 1 aliphatic carbocycles. The normalized spacial score (nSPS) is 27.4. The number of allylic oxidation sites excluding steroid dienone is 1. The molecule has 0 aromatic heterocycles. The van der Waals surface area contributed by atoms with Crippen molar-refractivity contribution in [3.05, 3.63) is 12.2 Å². The Labute approximate surface area is 81.9 Å². The second-order valence-electron chi connectivity index (χ2n) is 4.06. The fourth-order valence-electron chi connectivity index (χ4n) is 1.99. The van der Waals surface area contributed by atoms with Crippen LogP contribution in [0.3, 0.4) is 0 Å². The maximum Gasteiger partial charge on any atom is 0.0600 e. The Bertz CT molecular complexity index is 151. The monoisotopic (exact) mass is 182 g/mol. The molecule has 0 aromatic rings. The van der Waals surface area contributed by atoms with E-state index in [9.17, 15) is 5.11 Å². The van der Waals surface area contributed by atoms with Crippen LogP contribution in [0, 0.1) is 5.92 Å². The van der Waals surface area contributed by atoms with Gasteiger partial charge in [0.05, 0.1) is 6.10 Å². The molecule has 0 bridgehead atoms. The van der Waals surface area contributed by atoms with Gasteiger partial charge in [0.1, 0.15) is 0 Å². The summed E-state index contributed by atoms with van der Waals surface area (Å²) in [5.41, 5.74) is 0. The Balaban J connectivity index is 2.43. The first-order valence-electron chi connectivity index (χ1n) is 5.69. The van der Waals surface area contributed by atoms with E-state index in [0.29, 0.717) is 5.92 Å². The molecule has 1 rings (SSSR count). The van der Waals surface area contributed by atoms with E-state index in [1.54, 1.807) is 0 Å². The molecule has 0 fully saturated rings. The second-order valence-corrected chi connectivity index (χ2v) is 4.06. The summed E-state index contributed by atoms with van der Waals surface area (Å²) in [4.78, 5) is 0. The van der Waals surface area contributed by atoms with Crippen LogP contribution in [-0.4, -0.2) is 11.2 Å². The van der Waals surface area contributed by atoms with Crippen LogP contribution < -0.4 is 0 Å². The highest BCUT2D eigenvalue weighted by atomic mass is 16.3. The maximum absolute atomic E-state index is 9.74. The first-order chi connectivity index (χ1) is 6.34. The van der Waals surface area contributed by atoms with Crippen molar-refractivity contribution >= 4 is 0 Å². The van der Waals surface area contributed by atoms with Gasteiger partial charge in [-0.25, -0.2) is 0 Å². The molecular formula is C12H22O. The average molecular weight is 182 g/mol. The molecule has 0 aliphatic heterocycles. The molecule has 0 heterocycles. The molecule has 1 N–H and O–H groups in total.